The average Bonchev–Trinajstić information content (AvgIpc) is 2.26. The number of Topliss-reactive ketones (excluding diaryl/α,β-unsaturated/α-hetero) is 1. The predicted octanol–water partition coefficient (Wildman–Crippen LogP) is 3.84. The molecule has 0 amide bonds. The summed E-state index contributed by atoms with van der Waals surface area (Å²) in [6, 6.07) is 0. The Hall–Kier alpha value is -1.03. The van der Waals surface area contributed by atoms with E-state index >= 15 is 0 Å². The summed E-state index contributed by atoms with van der Waals surface area (Å²) in [6.45, 7) is 9.73. The number of carbonyl (C=O) groups is 2. The Morgan fingerprint density at radius 3 is 2.50 bits per heavy atom. The molecule has 0 aromatic carbocycles. The Morgan fingerprint density at radius 1 is 1.40 bits per heavy atom. The first-order valence-corrected chi connectivity index (χ1v) is 7.89. The standard InChI is InChI=1S/C16H24O3S/c1-10-7-6-8-16(4,5)14(10)13(17)9-11(2)20-12(3)15(18)19/h6-7,11-12H,8-9H2,1-5H3,(H,18,19). The van der Waals surface area contributed by atoms with Crippen LogP contribution in [0.5, 0.6) is 0 Å². The molecule has 0 fully saturated rings. The summed E-state index contributed by atoms with van der Waals surface area (Å²) < 4.78 is 0. The fourth-order valence-corrected chi connectivity index (χ4v) is 3.73. The summed E-state index contributed by atoms with van der Waals surface area (Å²) in [5.41, 5.74) is 1.81. The maximum Gasteiger partial charge on any atom is 0.316 e. The molecular weight excluding hydrogens is 272 g/mol. The Balaban J connectivity index is 2.76. The number of hydrogen-bond acceptors (Lipinski definition) is 3. The summed E-state index contributed by atoms with van der Waals surface area (Å²) >= 11 is 1.34. The highest BCUT2D eigenvalue weighted by Gasteiger charge is 2.31. The zero-order valence-corrected chi connectivity index (χ0v) is 13.7. The van der Waals surface area contributed by atoms with E-state index in [2.05, 4.69) is 19.9 Å². The second-order valence-electron chi connectivity index (χ2n) is 6.10. The lowest BCUT2D eigenvalue weighted by Gasteiger charge is -2.31. The highest BCUT2D eigenvalue weighted by Crippen LogP contribution is 2.38. The molecule has 0 bridgehead atoms. The minimum Gasteiger partial charge on any atom is -0.480 e. The second-order valence-corrected chi connectivity index (χ2v) is 7.89. The topological polar surface area (TPSA) is 54.4 Å². The molecule has 1 N–H and O–H groups in total. The zero-order chi connectivity index (χ0) is 15.5. The van der Waals surface area contributed by atoms with Gasteiger partial charge in [-0.2, -0.15) is 0 Å². The Labute approximate surface area is 125 Å². The van der Waals surface area contributed by atoms with Crippen molar-refractivity contribution in [2.24, 2.45) is 5.41 Å². The van der Waals surface area contributed by atoms with Crippen LogP contribution in [-0.2, 0) is 9.59 Å². The maximum absolute atomic E-state index is 12.5. The fourth-order valence-electron chi connectivity index (χ4n) is 2.66. The van der Waals surface area contributed by atoms with E-state index in [-0.39, 0.29) is 16.4 Å². The normalized spacial score (nSPS) is 20.6. The maximum atomic E-state index is 12.5. The van der Waals surface area contributed by atoms with Crippen LogP contribution < -0.4 is 0 Å². The largest absolute Gasteiger partial charge is 0.480 e. The van der Waals surface area contributed by atoms with E-state index in [1.807, 2.05) is 19.9 Å². The molecule has 1 aliphatic rings. The van der Waals surface area contributed by atoms with Gasteiger partial charge in [-0.25, -0.2) is 0 Å². The Morgan fingerprint density at radius 2 is 2.00 bits per heavy atom. The van der Waals surface area contributed by atoms with Crippen LogP contribution in [0.15, 0.2) is 23.3 Å². The van der Waals surface area contributed by atoms with Crippen molar-refractivity contribution in [3.05, 3.63) is 23.3 Å². The molecule has 0 aliphatic heterocycles. The van der Waals surface area contributed by atoms with Gasteiger partial charge in [-0.15, -0.1) is 11.8 Å². The van der Waals surface area contributed by atoms with Crippen LogP contribution in [-0.4, -0.2) is 27.4 Å². The molecule has 2 atom stereocenters. The SMILES string of the molecule is CC1=C(C(=O)CC(C)SC(C)C(=O)O)C(C)(C)CC=C1. The smallest absolute Gasteiger partial charge is 0.316 e. The van der Waals surface area contributed by atoms with Crippen LogP contribution in [0.2, 0.25) is 0 Å². The van der Waals surface area contributed by atoms with Crippen LogP contribution in [0.3, 0.4) is 0 Å². The monoisotopic (exact) mass is 296 g/mol. The molecule has 1 aliphatic carbocycles. The van der Waals surface area contributed by atoms with Crippen LogP contribution in [0, 0.1) is 5.41 Å². The van der Waals surface area contributed by atoms with Crippen molar-refractivity contribution >= 4 is 23.5 Å². The highest BCUT2D eigenvalue weighted by atomic mass is 32.2. The van der Waals surface area contributed by atoms with Crippen LogP contribution in [0.25, 0.3) is 0 Å². The van der Waals surface area contributed by atoms with Gasteiger partial charge < -0.3 is 5.11 Å². The lowest BCUT2D eigenvalue weighted by Crippen LogP contribution is -2.26. The number of thioether (sulfide) groups is 1. The van der Waals surface area contributed by atoms with E-state index in [1.54, 1.807) is 6.92 Å². The van der Waals surface area contributed by atoms with Gasteiger partial charge in [0.1, 0.15) is 0 Å². The molecular formula is C16H24O3S. The van der Waals surface area contributed by atoms with Crippen molar-refractivity contribution in [3.63, 3.8) is 0 Å². The number of aliphatic carboxylic acids is 1. The minimum atomic E-state index is -0.828. The van der Waals surface area contributed by atoms with E-state index in [9.17, 15) is 9.59 Å². The summed E-state index contributed by atoms with van der Waals surface area (Å²) in [4.78, 5) is 23.4. The van der Waals surface area contributed by atoms with Crippen molar-refractivity contribution in [1.29, 1.82) is 0 Å². The van der Waals surface area contributed by atoms with Crippen molar-refractivity contribution in [1.82, 2.24) is 0 Å². The van der Waals surface area contributed by atoms with Gasteiger partial charge in [-0.05, 0) is 31.3 Å². The molecule has 0 radical (unpaired) electrons. The molecule has 3 nitrogen and oxygen atoms in total. The van der Waals surface area contributed by atoms with Crippen molar-refractivity contribution in [2.75, 3.05) is 0 Å². The van der Waals surface area contributed by atoms with Gasteiger partial charge in [-0.1, -0.05) is 32.9 Å². The minimum absolute atomic E-state index is 0.00982. The van der Waals surface area contributed by atoms with E-state index in [0.717, 1.165) is 17.6 Å². The number of hydrogen-bond donors (Lipinski definition) is 1. The van der Waals surface area contributed by atoms with Crippen molar-refractivity contribution in [2.45, 2.75) is 58.0 Å². The molecule has 20 heavy (non-hydrogen) atoms. The number of carboxylic acid groups (broad SMARTS) is 1. The van der Waals surface area contributed by atoms with Gasteiger partial charge in [0, 0.05) is 17.2 Å². The lowest BCUT2D eigenvalue weighted by atomic mass is 9.73. The van der Waals surface area contributed by atoms with Gasteiger partial charge in [-0.3, -0.25) is 9.59 Å². The van der Waals surface area contributed by atoms with Crippen LogP contribution >= 0.6 is 11.8 Å². The summed E-state index contributed by atoms with van der Waals surface area (Å²) in [5.74, 6) is -0.680. The first-order valence-electron chi connectivity index (χ1n) is 6.94. The summed E-state index contributed by atoms with van der Waals surface area (Å²) in [6.07, 6.45) is 5.39. The highest BCUT2D eigenvalue weighted by molar-refractivity contribution is 8.01. The van der Waals surface area contributed by atoms with Gasteiger partial charge in [0.15, 0.2) is 5.78 Å². The number of allylic oxidation sites excluding steroid dienone is 4. The van der Waals surface area contributed by atoms with E-state index in [0.29, 0.717) is 6.42 Å². The first kappa shape index (κ1) is 17.0. The third kappa shape index (κ3) is 4.23. The summed E-state index contributed by atoms with van der Waals surface area (Å²) in [7, 11) is 0. The van der Waals surface area contributed by atoms with Crippen LogP contribution in [0.4, 0.5) is 0 Å². The molecule has 0 aromatic rings. The van der Waals surface area contributed by atoms with E-state index < -0.39 is 11.2 Å². The molecule has 0 spiro atoms. The lowest BCUT2D eigenvalue weighted by molar-refractivity contribution is -0.136. The molecule has 4 heteroatoms. The predicted molar refractivity (Wildman–Crippen MR) is 84.0 cm³/mol. The number of carboxylic acids is 1. The zero-order valence-electron chi connectivity index (χ0n) is 12.9. The molecule has 0 aromatic heterocycles. The Bertz CT molecular complexity index is 460. The molecule has 0 saturated carbocycles. The third-order valence-corrected chi connectivity index (χ3v) is 4.84. The number of rotatable bonds is 6. The number of ketones is 1. The van der Waals surface area contributed by atoms with Gasteiger partial charge in [0.2, 0.25) is 0 Å². The molecule has 2 unspecified atom stereocenters. The fraction of sp³-hybridized carbons (Fsp3) is 0.625. The number of carbonyl (C=O) groups excluding carboxylic acids is 1. The molecule has 112 valence electrons. The molecule has 1 rings (SSSR count). The van der Waals surface area contributed by atoms with E-state index in [1.165, 1.54) is 11.8 Å². The molecule has 0 saturated heterocycles. The van der Waals surface area contributed by atoms with Crippen molar-refractivity contribution in [3.8, 4) is 0 Å². The third-order valence-electron chi connectivity index (χ3n) is 3.60. The van der Waals surface area contributed by atoms with Gasteiger partial charge in [0.25, 0.3) is 0 Å². The second kappa shape index (κ2) is 6.61. The summed E-state index contributed by atoms with van der Waals surface area (Å²) in [5, 5.41) is 8.44. The first-order chi connectivity index (χ1) is 9.15. The van der Waals surface area contributed by atoms with Crippen molar-refractivity contribution < 1.29 is 14.7 Å². The average molecular weight is 296 g/mol. The van der Waals surface area contributed by atoms with Gasteiger partial charge >= 0.3 is 5.97 Å². The van der Waals surface area contributed by atoms with Gasteiger partial charge in [0.05, 0.1) is 5.25 Å². The van der Waals surface area contributed by atoms with E-state index in [4.69, 9.17) is 5.11 Å². The van der Waals surface area contributed by atoms with Crippen LogP contribution in [0.1, 0.15) is 47.5 Å². The Kier molecular flexibility index (Phi) is 5.63. The quantitative estimate of drug-likeness (QED) is 0.809. The molecule has 0 heterocycles.